The zero-order chi connectivity index (χ0) is 14.0. The lowest BCUT2D eigenvalue weighted by Crippen LogP contribution is -2.33. The Labute approximate surface area is 108 Å². The fourth-order valence-electron chi connectivity index (χ4n) is 1.92. The van der Waals surface area contributed by atoms with Crippen molar-refractivity contribution in [3.8, 4) is 0 Å². The summed E-state index contributed by atoms with van der Waals surface area (Å²) in [6.07, 6.45) is 0. The molecular weight excluding hydrogens is 254 g/mol. The maximum atomic E-state index is 11.0. The van der Waals surface area contributed by atoms with Gasteiger partial charge in [0.15, 0.2) is 0 Å². The maximum absolute atomic E-state index is 11.0. The Morgan fingerprint density at radius 2 is 2.32 bits per heavy atom. The van der Waals surface area contributed by atoms with Crippen LogP contribution in [0.15, 0.2) is 12.1 Å². The van der Waals surface area contributed by atoms with Gasteiger partial charge in [-0.2, -0.15) is 0 Å². The number of nitrogens with one attached hydrogen (secondary N) is 1. The first-order valence-electron chi connectivity index (χ1n) is 5.68. The van der Waals surface area contributed by atoms with Crippen molar-refractivity contribution in [2.24, 2.45) is 5.92 Å². The van der Waals surface area contributed by atoms with Gasteiger partial charge in [-0.15, -0.1) is 0 Å². The zero-order valence-electron chi connectivity index (χ0n) is 10.2. The summed E-state index contributed by atoms with van der Waals surface area (Å²) in [4.78, 5) is 25.4. The molecule has 0 spiro atoms. The van der Waals surface area contributed by atoms with E-state index in [2.05, 4.69) is 10.3 Å². The minimum atomic E-state index is -0.995. The van der Waals surface area contributed by atoms with Crippen molar-refractivity contribution in [3.63, 3.8) is 0 Å². The zero-order valence-corrected chi connectivity index (χ0v) is 10.2. The predicted molar refractivity (Wildman–Crippen MR) is 65.0 cm³/mol. The second-order valence-corrected chi connectivity index (χ2v) is 4.31. The largest absolute Gasteiger partial charge is 0.481 e. The summed E-state index contributed by atoms with van der Waals surface area (Å²) >= 11 is 0. The molecule has 0 aliphatic carbocycles. The second kappa shape index (κ2) is 5.19. The van der Waals surface area contributed by atoms with E-state index in [0.717, 1.165) is 0 Å². The van der Waals surface area contributed by atoms with Crippen LogP contribution >= 0.6 is 0 Å². The molecule has 0 radical (unpaired) electrons. The minimum Gasteiger partial charge on any atom is -0.481 e. The third-order valence-electron chi connectivity index (χ3n) is 2.93. The van der Waals surface area contributed by atoms with Crippen LogP contribution in [0.4, 0.5) is 11.5 Å². The van der Waals surface area contributed by atoms with Crippen molar-refractivity contribution in [2.45, 2.75) is 13.0 Å². The number of hydrogen-bond acceptors (Lipinski definition) is 6. The number of carboxylic acids is 1. The quantitative estimate of drug-likeness (QED) is 0.612. The van der Waals surface area contributed by atoms with Crippen LogP contribution in [0.3, 0.4) is 0 Å². The lowest BCUT2D eigenvalue weighted by atomic mass is 10.0. The topological polar surface area (TPSA) is 115 Å². The number of carbonyl (C=O) groups is 1. The summed E-state index contributed by atoms with van der Waals surface area (Å²) in [5.41, 5.74) is 0.431. The van der Waals surface area contributed by atoms with Crippen LogP contribution in [0.25, 0.3) is 0 Å². The molecule has 0 aromatic carbocycles. The van der Waals surface area contributed by atoms with Crippen LogP contribution in [0.2, 0.25) is 0 Å². The Kier molecular flexibility index (Phi) is 3.61. The average molecular weight is 267 g/mol. The van der Waals surface area contributed by atoms with Gasteiger partial charge in [-0.25, -0.2) is 4.98 Å². The number of nitro groups is 1. The lowest BCUT2D eigenvalue weighted by molar-refractivity contribution is -0.384. The van der Waals surface area contributed by atoms with Gasteiger partial charge in [0.2, 0.25) is 5.82 Å². The highest BCUT2D eigenvalue weighted by Crippen LogP contribution is 2.26. The van der Waals surface area contributed by atoms with Gasteiger partial charge in [0.1, 0.15) is 5.92 Å². The summed E-state index contributed by atoms with van der Waals surface area (Å²) in [6.45, 7) is 1.98. The second-order valence-electron chi connectivity index (χ2n) is 4.31. The van der Waals surface area contributed by atoms with E-state index < -0.39 is 22.9 Å². The average Bonchev–Trinajstić information content (AvgIpc) is 2.76. The molecule has 2 heterocycles. The van der Waals surface area contributed by atoms with E-state index in [0.29, 0.717) is 5.69 Å². The molecule has 2 N–H and O–H groups in total. The van der Waals surface area contributed by atoms with E-state index >= 15 is 0 Å². The Balaban J connectivity index is 2.25. The molecule has 0 saturated carbocycles. The van der Waals surface area contributed by atoms with Gasteiger partial charge < -0.3 is 15.2 Å². The van der Waals surface area contributed by atoms with Gasteiger partial charge in [0.25, 0.3) is 0 Å². The molecule has 1 aromatic rings. The van der Waals surface area contributed by atoms with Crippen LogP contribution in [-0.4, -0.2) is 40.2 Å². The first-order chi connectivity index (χ1) is 8.99. The smallest absolute Gasteiger partial charge is 0.311 e. The molecule has 2 unspecified atom stereocenters. The number of ether oxygens (including phenoxy) is 1. The number of hydrogen-bond donors (Lipinski definition) is 2. The van der Waals surface area contributed by atoms with E-state index in [9.17, 15) is 14.9 Å². The van der Waals surface area contributed by atoms with Crippen LogP contribution in [0, 0.1) is 23.0 Å². The summed E-state index contributed by atoms with van der Waals surface area (Å²) in [6, 6.07) is 2.35. The Morgan fingerprint density at radius 1 is 1.58 bits per heavy atom. The summed E-state index contributed by atoms with van der Waals surface area (Å²) in [5, 5.41) is 22.7. The molecular formula is C11H13N3O5. The van der Waals surface area contributed by atoms with Gasteiger partial charge in [0, 0.05) is 11.8 Å². The molecule has 1 aliphatic heterocycles. The molecule has 2 rings (SSSR count). The van der Waals surface area contributed by atoms with Crippen molar-refractivity contribution in [2.75, 3.05) is 18.5 Å². The Hall–Kier alpha value is -2.22. The van der Waals surface area contributed by atoms with Crippen molar-refractivity contribution in [3.05, 3.63) is 27.9 Å². The summed E-state index contributed by atoms with van der Waals surface area (Å²) < 4.78 is 5.09. The van der Waals surface area contributed by atoms with E-state index in [4.69, 9.17) is 9.84 Å². The summed E-state index contributed by atoms with van der Waals surface area (Å²) in [5.74, 6) is -1.65. The fourth-order valence-corrected chi connectivity index (χ4v) is 1.92. The third-order valence-corrected chi connectivity index (χ3v) is 2.93. The minimum absolute atomic E-state index is 0.0757. The molecule has 2 atom stereocenters. The van der Waals surface area contributed by atoms with E-state index in [-0.39, 0.29) is 24.7 Å². The molecule has 1 aromatic heterocycles. The van der Waals surface area contributed by atoms with Crippen LogP contribution in [0.1, 0.15) is 5.69 Å². The molecule has 8 heteroatoms. The molecule has 8 nitrogen and oxygen atoms in total. The van der Waals surface area contributed by atoms with Crippen molar-refractivity contribution in [1.82, 2.24) is 4.98 Å². The molecule has 1 aliphatic rings. The van der Waals surface area contributed by atoms with Gasteiger partial charge in [-0.1, -0.05) is 0 Å². The number of aromatic nitrogens is 1. The first-order valence-corrected chi connectivity index (χ1v) is 5.68. The monoisotopic (exact) mass is 267 g/mol. The number of aliphatic carboxylic acids is 1. The highest BCUT2D eigenvalue weighted by molar-refractivity contribution is 5.72. The predicted octanol–water partition coefficient (Wildman–Crippen LogP) is 0.810. The van der Waals surface area contributed by atoms with Crippen LogP contribution in [-0.2, 0) is 9.53 Å². The molecule has 0 bridgehead atoms. The van der Waals surface area contributed by atoms with Gasteiger partial charge >= 0.3 is 11.7 Å². The Morgan fingerprint density at radius 3 is 2.95 bits per heavy atom. The van der Waals surface area contributed by atoms with E-state index in [1.807, 2.05) is 0 Å². The molecule has 19 heavy (non-hydrogen) atoms. The SMILES string of the molecule is Cc1ccc([N+](=O)[O-])c(NC2COCC2C(=O)O)n1. The fraction of sp³-hybridized carbons (Fsp3) is 0.455. The number of aryl methyl sites for hydroxylation is 1. The molecule has 102 valence electrons. The number of rotatable bonds is 4. The number of anilines is 1. The highest BCUT2D eigenvalue weighted by atomic mass is 16.6. The standard InChI is InChI=1S/C11H13N3O5/c1-6-2-3-9(14(17)18)10(12-6)13-8-5-19-4-7(8)11(15)16/h2-3,7-8H,4-5H2,1H3,(H,12,13)(H,15,16). The lowest BCUT2D eigenvalue weighted by Gasteiger charge is -2.16. The van der Waals surface area contributed by atoms with E-state index in [1.165, 1.54) is 12.1 Å². The van der Waals surface area contributed by atoms with Crippen molar-refractivity contribution < 1.29 is 19.6 Å². The normalized spacial score (nSPS) is 22.2. The molecule has 0 amide bonds. The first kappa shape index (κ1) is 13.2. The van der Waals surface area contributed by atoms with E-state index in [1.54, 1.807) is 6.92 Å². The number of nitrogens with zero attached hydrogens (tertiary/aromatic N) is 2. The van der Waals surface area contributed by atoms with Crippen LogP contribution < -0.4 is 5.32 Å². The molecule has 1 saturated heterocycles. The maximum Gasteiger partial charge on any atom is 0.311 e. The molecule has 1 fully saturated rings. The highest BCUT2D eigenvalue weighted by Gasteiger charge is 2.35. The number of carboxylic acid groups (broad SMARTS) is 1. The summed E-state index contributed by atoms with van der Waals surface area (Å²) in [7, 11) is 0. The number of pyridine rings is 1. The Bertz CT molecular complexity index is 519. The van der Waals surface area contributed by atoms with Gasteiger partial charge in [0.05, 0.1) is 24.2 Å². The van der Waals surface area contributed by atoms with Crippen LogP contribution in [0.5, 0.6) is 0 Å². The van der Waals surface area contributed by atoms with Gasteiger partial charge in [-0.3, -0.25) is 14.9 Å². The van der Waals surface area contributed by atoms with Crippen molar-refractivity contribution in [1.29, 1.82) is 0 Å². The third kappa shape index (κ3) is 2.79. The van der Waals surface area contributed by atoms with Gasteiger partial charge in [-0.05, 0) is 13.0 Å². The van der Waals surface area contributed by atoms with Crippen molar-refractivity contribution >= 4 is 17.5 Å².